The van der Waals surface area contributed by atoms with Crippen molar-refractivity contribution < 1.29 is 4.79 Å². The Bertz CT molecular complexity index is 1070. The van der Waals surface area contributed by atoms with Gasteiger partial charge in [-0.15, -0.1) is 5.10 Å². The summed E-state index contributed by atoms with van der Waals surface area (Å²) in [6.07, 6.45) is 5.40. The zero-order chi connectivity index (χ0) is 18.6. The second-order valence-corrected chi connectivity index (χ2v) is 6.10. The molecule has 8 heteroatoms. The third-order valence-corrected chi connectivity index (χ3v) is 4.11. The van der Waals surface area contributed by atoms with E-state index >= 15 is 0 Å². The third-order valence-electron chi connectivity index (χ3n) is 4.11. The number of carbonyl (C=O) groups excluding carboxylic acids is 1. The Morgan fingerprint density at radius 2 is 2.04 bits per heavy atom. The fraction of sp³-hybridized carbons (Fsp3) is 0.105. The first-order valence-electron chi connectivity index (χ1n) is 8.38. The van der Waals surface area contributed by atoms with Gasteiger partial charge in [0.25, 0.3) is 5.91 Å². The van der Waals surface area contributed by atoms with Crippen LogP contribution in [0.15, 0.2) is 67.3 Å². The minimum Gasteiger partial charge on any atom is -0.333 e. The van der Waals surface area contributed by atoms with Crippen molar-refractivity contribution >= 4 is 11.6 Å². The molecular formula is C19H17N7O. The zero-order valence-corrected chi connectivity index (χ0v) is 14.6. The summed E-state index contributed by atoms with van der Waals surface area (Å²) in [4.78, 5) is 16.7. The van der Waals surface area contributed by atoms with E-state index < -0.39 is 0 Å². The van der Waals surface area contributed by atoms with Crippen molar-refractivity contribution in [3.63, 3.8) is 0 Å². The summed E-state index contributed by atoms with van der Waals surface area (Å²) in [5, 5.41) is 14.4. The van der Waals surface area contributed by atoms with Crippen molar-refractivity contribution in [2.24, 2.45) is 7.05 Å². The van der Waals surface area contributed by atoms with Gasteiger partial charge in [-0.05, 0) is 40.3 Å². The van der Waals surface area contributed by atoms with Crippen molar-refractivity contribution in [1.29, 1.82) is 0 Å². The van der Waals surface area contributed by atoms with E-state index in [1.807, 2.05) is 47.2 Å². The molecule has 1 amide bonds. The number of aryl methyl sites for hydroxylation is 1. The number of hydrogen-bond donors (Lipinski definition) is 1. The van der Waals surface area contributed by atoms with Gasteiger partial charge in [0.2, 0.25) is 0 Å². The van der Waals surface area contributed by atoms with Crippen LogP contribution in [-0.2, 0) is 13.6 Å². The lowest BCUT2D eigenvalue weighted by Crippen LogP contribution is -2.12. The van der Waals surface area contributed by atoms with Crippen LogP contribution in [0, 0.1) is 0 Å². The number of hydrogen-bond acceptors (Lipinski definition) is 5. The second-order valence-electron chi connectivity index (χ2n) is 6.10. The highest BCUT2D eigenvalue weighted by Crippen LogP contribution is 2.18. The number of anilines is 1. The summed E-state index contributed by atoms with van der Waals surface area (Å²) in [6, 6.07) is 15.0. The van der Waals surface area contributed by atoms with E-state index in [1.54, 1.807) is 36.4 Å². The van der Waals surface area contributed by atoms with Crippen LogP contribution in [-0.4, -0.2) is 35.7 Å². The van der Waals surface area contributed by atoms with Crippen molar-refractivity contribution in [3.05, 3.63) is 78.4 Å². The standard InChI is InChI=1S/C19H17N7O/c1-25-18(22-23-24-25)15-5-3-6-16(11-15)19(27)21-17-7-2-4-14(10-17)12-26-9-8-20-13-26/h2-11,13H,12H2,1H3,(H,21,27). The van der Waals surface area contributed by atoms with Gasteiger partial charge in [-0.3, -0.25) is 4.79 Å². The Labute approximate surface area is 155 Å². The number of nitrogens with one attached hydrogen (secondary N) is 1. The molecule has 0 atom stereocenters. The van der Waals surface area contributed by atoms with Gasteiger partial charge in [-0.1, -0.05) is 24.3 Å². The van der Waals surface area contributed by atoms with Gasteiger partial charge in [0.1, 0.15) is 0 Å². The zero-order valence-electron chi connectivity index (χ0n) is 14.6. The first-order chi connectivity index (χ1) is 13.2. The molecule has 0 fully saturated rings. The number of rotatable bonds is 5. The highest BCUT2D eigenvalue weighted by molar-refractivity contribution is 6.04. The number of aromatic nitrogens is 6. The summed E-state index contributed by atoms with van der Waals surface area (Å²) < 4.78 is 3.54. The van der Waals surface area contributed by atoms with Gasteiger partial charge in [-0.25, -0.2) is 9.67 Å². The molecule has 2 heterocycles. The molecule has 2 aromatic heterocycles. The van der Waals surface area contributed by atoms with Gasteiger partial charge < -0.3 is 9.88 Å². The van der Waals surface area contributed by atoms with Crippen LogP contribution in [0.5, 0.6) is 0 Å². The van der Waals surface area contributed by atoms with E-state index in [0.29, 0.717) is 17.9 Å². The van der Waals surface area contributed by atoms with Crippen molar-refractivity contribution in [2.45, 2.75) is 6.54 Å². The molecule has 2 aromatic carbocycles. The lowest BCUT2D eigenvalue weighted by Gasteiger charge is -2.09. The minimum atomic E-state index is -0.188. The molecule has 0 aliphatic heterocycles. The SMILES string of the molecule is Cn1nnnc1-c1cccc(C(=O)Nc2cccc(Cn3ccnc3)c2)c1. The normalized spacial score (nSPS) is 10.7. The molecule has 27 heavy (non-hydrogen) atoms. The molecule has 0 saturated heterocycles. The molecule has 8 nitrogen and oxygen atoms in total. The lowest BCUT2D eigenvalue weighted by molar-refractivity contribution is 0.102. The second kappa shape index (κ2) is 7.20. The number of tetrazole rings is 1. The topological polar surface area (TPSA) is 90.5 Å². The Morgan fingerprint density at radius 3 is 2.81 bits per heavy atom. The van der Waals surface area contributed by atoms with E-state index in [9.17, 15) is 4.79 Å². The van der Waals surface area contributed by atoms with Crippen molar-refractivity contribution in [3.8, 4) is 11.4 Å². The molecule has 0 unspecified atom stereocenters. The summed E-state index contributed by atoms with van der Waals surface area (Å²) in [5.41, 5.74) is 3.13. The molecule has 4 rings (SSSR count). The van der Waals surface area contributed by atoms with Crippen LogP contribution in [0.3, 0.4) is 0 Å². The highest BCUT2D eigenvalue weighted by atomic mass is 16.1. The van der Waals surface area contributed by atoms with Gasteiger partial charge in [0.05, 0.1) is 6.33 Å². The number of amides is 1. The predicted octanol–water partition coefficient (Wildman–Crippen LogP) is 2.37. The van der Waals surface area contributed by atoms with E-state index in [4.69, 9.17) is 0 Å². The van der Waals surface area contributed by atoms with Crippen LogP contribution in [0.25, 0.3) is 11.4 Å². The molecule has 0 spiro atoms. The molecule has 0 bridgehead atoms. The van der Waals surface area contributed by atoms with E-state index in [2.05, 4.69) is 25.8 Å². The minimum absolute atomic E-state index is 0.188. The Morgan fingerprint density at radius 1 is 1.15 bits per heavy atom. The first-order valence-corrected chi connectivity index (χ1v) is 8.38. The number of imidazole rings is 1. The maximum Gasteiger partial charge on any atom is 0.255 e. The lowest BCUT2D eigenvalue weighted by atomic mass is 10.1. The van der Waals surface area contributed by atoms with Gasteiger partial charge in [0, 0.05) is 42.8 Å². The fourth-order valence-electron chi connectivity index (χ4n) is 2.82. The van der Waals surface area contributed by atoms with Crippen LogP contribution in [0.1, 0.15) is 15.9 Å². The average molecular weight is 359 g/mol. The summed E-state index contributed by atoms with van der Waals surface area (Å²) in [5.74, 6) is 0.415. The third kappa shape index (κ3) is 3.74. The number of benzene rings is 2. The molecule has 0 saturated carbocycles. The first kappa shape index (κ1) is 16.6. The molecule has 0 aliphatic rings. The molecule has 1 N–H and O–H groups in total. The van der Waals surface area contributed by atoms with Gasteiger partial charge >= 0.3 is 0 Å². The van der Waals surface area contributed by atoms with Gasteiger partial charge in [0.15, 0.2) is 5.82 Å². The summed E-state index contributed by atoms with van der Waals surface area (Å²) >= 11 is 0. The van der Waals surface area contributed by atoms with Crippen LogP contribution < -0.4 is 5.32 Å². The average Bonchev–Trinajstić information content (AvgIpc) is 3.34. The Hall–Kier alpha value is -3.81. The quantitative estimate of drug-likeness (QED) is 0.591. The Kier molecular flexibility index (Phi) is 4.44. The maximum atomic E-state index is 12.7. The molecular weight excluding hydrogens is 342 g/mol. The van der Waals surface area contributed by atoms with Crippen LogP contribution in [0.2, 0.25) is 0 Å². The molecule has 4 aromatic rings. The largest absolute Gasteiger partial charge is 0.333 e. The summed E-state index contributed by atoms with van der Waals surface area (Å²) in [7, 11) is 1.76. The summed E-state index contributed by atoms with van der Waals surface area (Å²) in [6.45, 7) is 0.693. The Balaban J connectivity index is 1.52. The van der Waals surface area contributed by atoms with E-state index in [1.165, 1.54) is 0 Å². The maximum absolute atomic E-state index is 12.7. The number of carbonyl (C=O) groups is 1. The number of nitrogens with zero attached hydrogens (tertiary/aromatic N) is 6. The van der Waals surface area contributed by atoms with Crippen molar-refractivity contribution in [2.75, 3.05) is 5.32 Å². The van der Waals surface area contributed by atoms with E-state index in [0.717, 1.165) is 16.8 Å². The predicted molar refractivity (Wildman–Crippen MR) is 100.0 cm³/mol. The highest BCUT2D eigenvalue weighted by Gasteiger charge is 2.11. The van der Waals surface area contributed by atoms with Crippen LogP contribution >= 0.6 is 0 Å². The smallest absolute Gasteiger partial charge is 0.255 e. The molecule has 134 valence electrons. The fourth-order valence-corrected chi connectivity index (χ4v) is 2.82. The monoisotopic (exact) mass is 359 g/mol. The molecule has 0 radical (unpaired) electrons. The van der Waals surface area contributed by atoms with Gasteiger partial charge in [-0.2, -0.15) is 0 Å². The van der Waals surface area contributed by atoms with Crippen molar-refractivity contribution in [1.82, 2.24) is 29.8 Å². The van der Waals surface area contributed by atoms with E-state index in [-0.39, 0.29) is 5.91 Å². The molecule has 0 aliphatic carbocycles. The van der Waals surface area contributed by atoms with Crippen LogP contribution in [0.4, 0.5) is 5.69 Å².